The molecule has 0 radical (unpaired) electrons. The van der Waals surface area contributed by atoms with E-state index in [4.69, 9.17) is 0 Å². The van der Waals surface area contributed by atoms with E-state index in [1.54, 1.807) is 12.4 Å². The number of alkyl halides is 2. The summed E-state index contributed by atoms with van der Waals surface area (Å²) >= 11 is 0. The van der Waals surface area contributed by atoms with Crippen LogP contribution >= 0.6 is 0 Å². The van der Waals surface area contributed by atoms with Crippen LogP contribution in [0.15, 0.2) is 36.8 Å². The lowest BCUT2D eigenvalue weighted by Gasteiger charge is -2.35. The molecule has 27 heavy (non-hydrogen) atoms. The molecule has 1 aliphatic carbocycles. The molecule has 2 aromatic rings. The highest BCUT2D eigenvalue weighted by molar-refractivity contribution is 5.79. The van der Waals surface area contributed by atoms with Crippen LogP contribution in [-0.4, -0.2) is 44.6 Å². The third kappa shape index (κ3) is 4.16. The van der Waals surface area contributed by atoms with Gasteiger partial charge < -0.3 is 5.32 Å². The van der Waals surface area contributed by atoms with Gasteiger partial charge in [-0.2, -0.15) is 5.10 Å². The zero-order valence-corrected chi connectivity index (χ0v) is 15.0. The van der Waals surface area contributed by atoms with E-state index in [1.165, 1.54) is 0 Å². The SMILES string of the molecule is O=C(NCC[C@H]1CN(Cc2cccnc2)Cc2ccnn21)C1CC(F)(F)C1. The molecular formula is C19H23F2N5O. The van der Waals surface area contributed by atoms with E-state index in [0.717, 1.165) is 30.9 Å². The second kappa shape index (κ2) is 7.34. The minimum atomic E-state index is -2.66. The Morgan fingerprint density at radius 3 is 2.89 bits per heavy atom. The maximum Gasteiger partial charge on any atom is 0.249 e. The van der Waals surface area contributed by atoms with Crippen molar-refractivity contribution in [2.24, 2.45) is 5.92 Å². The van der Waals surface area contributed by atoms with Gasteiger partial charge in [0.1, 0.15) is 0 Å². The van der Waals surface area contributed by atoms with Crippen LogP contribution in [0, 0.1) is 5.92 Å². The zero-order chi connectivity index (χ0) is 18.9. The summed E-state index contributed by atoms with van der Waals surface area (Å²) in [5.41, 5.74) is 2.29. The molecule has 144 valence electrons. The first kappa shape index (κ1) is 18.0. The summed E-state index contributed by atoms with van der Waals surface area (Å²) in [5, 5.41) is 7.24. The predicted octanol–water partition coefficient (Wildman–Crippen LogP) is 2.39. The molecule has 1 aliphatic heterocycles. The average Bonchev–Trinajstić information content (AvgIpc) is 3.09. The number of carbonyl (C=O) groups excluding carboxylic acids is 1. The van der Waals surface area contributed by atoms with Gasteiger partial charge in [0, 0.05) is 63.5 Å². The largest absolute Gasteiger partial charge is 0.356 e. The lowest BCUT2D eigenvalue weighted by molar-refractivity contribution is -0.150. The number of halogens is 2. The van der Waals surface area contributed by atoms with Crippen molar-refractivity contribution in [1.82, 2.24) is 25.0 Å². The predicted molar refractivity (Wildman–Crippen MR) is 94.9 cm³/mol. The van der Waals surface area contributed by atoms with Crippen LogP contribution in [0.2, 0.25) is 0 Å². The van der Waals surface area contributed by atoms with Crippen molar-refractivity contribution in [3.63, 3.8) is 0 Å². The Bertz CT molecular complexity index is 786. The van der Waals surface area contributed by atoms with Gasteiger partial charge in [0.2, 0.25) is 11.8 Å². The molecular weight excluding hydrogens is 352 g/mol. The van der Waals surface area contributed by atoms with Gasteiger partial charge in [-0.3, -0.25) is 19.4 Å². The number of fused-ring (bicyclic) bond motifs is 1. The topological polar surface area (TPSA) is 63.1 Å². The Morgan fingerprint density at radius 2 is 2.15 bits per heavy atom. The molecule has 1 saturated carbocycles. The van der Waals surface area contributed by atoms with Crippen LogP contribution in [0.25, 0.3) is 0 Å². The fourth-order valence-corrected chi connectivity index (χ4v) is 3.90. The maximum atomic E-state index is 12.9. The molecule has 1 atom stereocenters. The highest BCUT2D eigenvalue weighted by atomic mass is 19.3. The Morgan fingerprint density at radius 1 is 1.30 bits per heavy atom. The van der Waals surface area contributed by atoms with Gasteiger partial charge in [-0.1, -0.05) is 6.07 Å². The van der Waals surface area contributed by atoms with Crippen LogP contribution in [0.4, 0.5) is 8.78 Å². The number of amides is 1. The Kier molecular flexibility index (Phi) is 4.90. The van der Waals surface area contributed by atoms with Gasteiger partial charge in [0.15, 0.2) is 0 Å². The van der Waals surface area contributed by atoms with E-state index in [-0.39, 0.29) is 24.8 Å². The van der Waals surface area contributed by atoms with E-state index in [9.17, 15) is 13.6 Å². The fraction of sp³-hybridized carbons (Fsp3) is 0.526. The fourth-order valence-electron chi connectivity index (χ4n) is 3.90. The van der Waals surface area contributed by atoms with Crippen molar-refractivity contribution < 1.29 is 13.6 Å². The van der Waals surface area contributed by atoms with Gasteiger partial charge in [0.25, 0.3) is 0 Å². The van der Waals surface area contributed by atoms with Gasteiger partial charge in [-0.25, -0.2) is 8.78 Å². The van der Waals surface area contributed by atoms with Gasteiger partial charge in [0.05, 0.1) is 11.7 Å². The smallest absolute Gasteiger partial charge is 0.249 e. The summed E-state index contributed by atoms with van der Waals surface area (Å²) in [6, 6.07) is 6.14. The summed E-state index contributed by atoms with van der Waals surface area (Å²) in [6.45, 7) is 2.90. The Hall–Kier alpha value is -2.35. The minimum absolute atomic E-state index is 0.142. The van der Waals surface area contributed by atoms with Gasteiger partial charge >= 0.3 is 0 Å². The molecule has 0 saturated heterocycles. The molecule has 8 heteroatoms. The summed E-state index contributed by atoms with van der Waals surface area (Å²) in [5.74, 6) is -3.47. The van der Waals surface area contributed by atoms with Crippen molar-refractivity contribution in [1.29, 1.82) is 0 Å². The number of aromatic nitrogens is 3. The summed E-state index contributed by atoms with van der Waals surface area (Å²) < 4.78 is 27.8. The van der Waals surface area contributed by atoms with E-state index in [0.29, 0.717) is 13.0 Å². The molecule has 0 aromatic carbocycles. The van der Waals surface area contributed by atoms with Crippen LogP contribution in [0.5, 0.6) is 0 Å². The molecule has 1 amide bonds. The second-order valence-electron chi connectivity index (χ2n) is 7.49. The third-order valence-electron chi connectivity index (χ3n) is 5.32. The molecule has 3 heterocycles. The quantitative estimate of drug-likeness (QED) is 0.842. The number of nitrogens with one attached hydrogen (secondary N) is 1. The summed E-state index contributed by atoms with van der Waals surface area (Å²) in [7, 11) is 0. The molecule has 1 N–H and O–H groups in total. The zero-order valence-electron chi connectivity index (χ0n) is 15.0. The van der Waals surface area contributed by atoms with E-state index >= 15 is 0 Å². The first-order chi connectivity index (χ1) is 13.0. The molecule has 6 nitrogen and oxygen atoms in total. The number of pyridine rings is 1. The van der Waals surface area contributed by atoms with Crippen molar-refractivity contribution in [2.75, 3.05) is 13.1 Å². The van der Waals surface area contributed by atoms with Crippen LogP contribution in [0.3, 0.4) is 0 Å². The second-order valence-corrected chi connectivity index (χ2v) is 7.49. The lowest BCUT2D eigenvalue weighted by Crippen LogP contribution is -2.45. The van der Waals surface area contributed by atoms with E-state index in [1.807, 2.05) is 23.0 Å². The molecule has 2 aromatic heterocycles. The number of hydrogen-bond acceptors (Lipinski definition) is 4. The van der Waals surface area contributed by atoms with Gasteiger partial charge in [-0.15, -0.1) is 0 Å². The monoisotopic (exact) mass is 375 g/mol. The van der Waals surface area contributed by atoms with Crippen molar-refractivity contribution >= 4 is 5.91 Å². The third-order valence-corrected chi connectivity index (χ3v) is 5.32. The van der Waals surface area contributed by atoms with Crippen LogP contribution in [-0.2, 0) is 17.9 Å². The molecule has 1 fully saturated rings. The summed E-state index contributed by atoms with van der Waals surface area (Å²) in [4.78, 5) is 18.5. The highest BCUT2D eigenvalue weighted by Gasteiger charge is 2.48. The minimum Gasteiger partial charge on any atom is -0.356 e. The molecule has 2 aliphatic rings. The van der Waals surface area contributed by atoms with Crippen LogP contribution in [0.1, 0.15) is 36.6 Å². The van der Waals surface area contributed by atoms with Gasteiger partial charge in [-0.05, 0) is 24.1 Å². The normalized spacial score (nSPS) is 22.1. The Labute approximate surface area is 156 Å². The highest BCUT2D eigenvalue weighted by Crippen LogP contribution is 2.42. The van der Waals surface area contributed by atoms with E-state index in [2.05, 4.69) is 26.4 Å². The van der Waals surface area contributed by atoms with Crippen molar-refractivity contribution in [2.45, 2.75) is 44.3 Å². The standard InChI is InChI=1S/C19H23F2N5O/c20-19(21)8-15(9-19)18(27)23-6-3-16-12-25(11-14-2-1-5-22-10-14)13-17-4-7-24-26(16)17/h1-2,4-5,7,10,15-16H,3,6,8-9,11-13H2,(H,23,27)/t16-/m0/s1. The maximum absolute atomic E-state index is 12.9. The molecule has 0 bridgehead atoms. The first-order valence-electron chi connectivity index (χ1n) is 9.29. The Balaban J connectivity index is 1.32. The molecule has 4 rings (SSSR count). The number of carbonyl (C=O) groups is 1. The first-order valence-corrected chi connectivity index (χ1v) is 9.29. The average molecular weight is 375 g/mol. The number of rotatable bonds is 6. The van der Waals surface area contributed by atoms with Crippen LogP contribution < -0.4 is 5.32 Å². The molecule has 0 spiro atoms. The van der Waals surface area contributed by atoms with E-state index < -0.39 is 11.8 Å². The number of hydrogen-bond donors (Lipinski definition) is 1. The molecule has 0 unspecified atom stereocenters. The summed E-state index contributed by atoms with van der Waals surface area (Å²) in [6.07, 6.45) is 5.49. The number of nitrogens with zero attached hydrogens (tertiary/aromatic N) is 4. The van der Waals surface area contributed by atoms with Crippen molar-refractivity contribution in [3.8, 4) is 0 Å². The lowest BCUT2D eigenvalue weighted by atomic mass is 9.81. The van der Waals surface area contributed by atoms with Crippen molar-refractivity contribution in [3.05, 3.63) is 48.0 Å².